The molecule has 0 spiro atoms. The van der Waals surface area contributed by atoms with Crippen LogP contribution in [0.5, 0.6) is 11.5 Å². The number of piperazine rings is 1. The molecule has 0 atom stereocenters. The minimum atomic E-state index is -1.10. The first-order valence-corrected chi connectivity index (χ1v) is 37.6. The number of carbonyl (C=O) groups is 4. The summed E-state index contributed by atoms with van der Waals surface area (Å²) in [5.74, 6) is 9.50. The maximum atomic E-state index is 14.9. The zero-order valence-electron chi connectivity index (χ0n) is 57.9. The third kappa shape index (κ3) is 18.8. The molecule has 0 unspecified atom stereocenters. The summed E-state index contributed by atoms with van der Waals surface area (Å²) >= 11 is 5.51. The number of halogens is 2. The van der Waals surface area contributed by atoms with E-state index in [4.69, 9.17) is 9.47 Å². The summed E-state index contributed by atoms with van der Waals surface area (Å²) in [5.41, 5.74) is 7.90. The number of carboxylic acids is 2. The van der Waals surface area contributed by atoms with E-state index in [9.17, 15) is 38.2 Å². The molecule has 6 aromatic carbocycles. The van der Waals surface area contributed by atoms with Gasteiger partial charge in [0, 0.05) is 97.0 Å². The van der Waals surface area contributed by atoms with E-state index in [1.807, 2.05) is 95.7 Å². The molecule has 103 heavy (non-hydrogen) atoms. The van der Waals surface area contributed by atoms with E-state index in [-0.39, 0.29) is 47.9 Å². The monoisotopic (exact) mass is 1460 g/mol. The number of amides is 2. The third-order valence-corrected chi connectivity index (χ3v) is 22.0. The van der Waals surface area contributed by atoms with Crippen molar-refractivity contribution >= 4 is 110 Å². The van der Waals surface area contributed by atoms with Crippen molar-refractivity contribution in [2.24, 2.45) is 5.92 Å². The predicted molar refractivity (Wildman–Crippen MR) is 405 cm³/mol. The van der Waals surface area contributed by atoms with Crippen LogP contribution in [-0.2, 0) is 38.8 Å². The largest absolute Gasteiger partial charge is 0.491 e. The highest BCUT2D eigenvalue weighted by Crippen LogP contribution is 2.37. The van der Waals surface area contributed by atoms with Crippen molar-refractivity contribution < 1.29 is 47.6 Å². The van der Waals surface area contributed by atoms with Gasteiger partial charge in [0.1, 0.15) is 0 Å². The first-order valence-electron chi connectivity index (χ1n) is 34.3. The van der Waals surface area contributed by atoms with Gasteiger partial charge in [-0.05, 0) is 160 Å². The average Bonchev–Trinajstić information content (AvgIpc) is 1.77. The number of anilines is 4. The molecule has 532 valence electrons. The van der Waals surface area contributed by atoms with Gasteiger partial charge in [-0.3, -0.25) is 34.9 Å². The number of fused-ring (bicyclic) bond motifs is 4. The Labute approximate surface area is 613 Å². The first-order chi connectivity index (χ1) is 49.9. The molecular weight excluding hydrogens is 1390 g/mol. The van der Waals surface area contributed by atoms with E-state index in [0.717, 1.165) is 75.4 Å². The van der Waals surface area contributed by atoms with Crippen LogP contribution in [-0.4, -0.2) is 154 Å². The number of aryl methyl sites for hydroxylation is 2. The molecule has 25 heteroatoms. The fraction of sp³-hybridized carbons (Fsp3) is 0.333. The number of benzene rings is 6. The normalized spacial score (nSPS) is 13.8. The van der Waals surface area contributed by atoms with Crippen molar-refractivity contribution in [1.82, 2.24) is 34.6 Å². The van der Waals surface area contributed by atoms with Crippen molar-refractivity contribution in [3.63, 3.8) is 0 Å². The molecule has 3 aliphatic rings. The minimum Gasteiger partial charge on any atom is -0.491 e. The lowest BCUT2D eigenvalue weighted by Gasteiger charge is -2.36. The number of aromatic carboxylic acids is 2. The second kappa shape index (κ2) is 34.1. The number of carbonyl (C=O) groups excluding carboxylic acids is 2. The lowest BCUT2D eigenvalue weighted by Crippen LogP contribution is -2.48. The number of nitrogens with zero attached hydrogens (tertiary/aromatic N) is 9. The van der Waals surface area contributed by atoms with Gasteiger partial charge in [-0.2, -0.15) is 0 Å². The quantitative estimate of drug-likeness (QED) is 0.0346. The fourth-order valence-electron chi connectivity index (χ4n) is 12.6. The number of hydrogen-bond donors (Lipinski definition) is 4. The Morgan fingerprint density at radius 3 is 1.50 bits per heavy atom. The van der Waals surface area contributed by atoms with Crippen LogP contribution < -0.4 is 29.9 Å². The first kappa shape index (κ1) is 73.1. The van der Waals surface area contributed by atoms with Gasteiger partial charge in [-0.25, -0.2) is 38.3 Å². The Morgan fingerprint density at radius 1 is 0.583 bits per heavy atom. The summed E-state index contributed by atoms with van der Waals surface area (Å²) in [6.07, 6.45) is 3.16. The van der Waals surface area contributed by atoms with Gasteiger partial charge in [-0.1, -0.05) is 109 Å². The van der Waals surface area contributed by atoms with Gasteiger partial charge in [0.15, 0.2) is 55.0 Å². The number of para-hydroxylation sites is 2. The molecule has 10 aromatic rings. The van der Waals surface area contributed by atoms with Gasteiger partial charge in [0.25, 0.3) is 11.8 Å². The van der Waals surface area contributed by atoms with E-state index in [1.165, 1.54) is 57.5 Å². The zero-order valence-corrected chi connectivity index (χ0v) is 61.2. The highest BCUT2D eigenvalue weighted by atomic mass is 32.1. The van der Waals surface area contributed by atoms with Crippen LogP contribution in [0.25, 0.3) is 20.4 Å². The van der Waals surface area contributed by atoms with Crippen molar-refractivity contribution in [2.45, 2.75) is 85.4 Å². The smallest absolute Gasteiger partial charge is 0.355 e. The van der Waals surface area contributed by atoms with Crippen LogP contribution >= 0.6 is 45.3 Å². The van der Waals surface area contributed by atoms with E-state index in [1.54, 1.807) is 30.3 Å². The topological polar surface area (TPSA) is 219 Å². The van der Waals surface area contributed by atoms with Crippen LogP contribution in [0.3, 0.4) is 0 Å². The van der Waals surface area contributed by atoms with Crippen molar-refractivity contribution in [2.75, 3.05) is 99.6 Å². The van der Waals surface area contributed by atoms with Crippen molar-refractivity contribution in [1.29, 1.82) is 0 Å². The molecule has 13 rings (SSSR count). The Hall–Kier alpha value is -9.70. The highest BCUT2D eigenvalue weighted by molar-refractivity contribution is 7.22. The maximum Gasteiger partial charge on any atom is 0.355 e. The number of hydrogen-bond acceptors (Lipinski definition) is 19. The Bertz CT molecular complexity index is 4800. The number of thiazole rings is 4. The van der Waals surface area contributed by atoms with Gasteiger partial charge in [0.2, 0.25) is 0 Å². The summed E-state index contributed by atoms with van der Waals surface area (Å²) < 4.78 is 43.1. The van der Waals surface area contributed by atoms with E-state index < -0.39 is 23.6 Å². The summed E-state index contributed by atoms with van der Waals surface area (Å²) in [6, 6.07) is 36.9. The van der Waals surface area contributed by atoms with Crippen LogP contribution in [0.2, 0.25) is 0 Å². The van der Waals surface area contributed by atoms with Gasteiger partial charge < -0.3 is 29.5 Å². The molecule has 2 amide bonds. The standard InChI is InChI=1S/C40H41FN6O4S2.C38H38FN5O4S2/c1-26(2)46-21-19-45(20-22-46)17-6-8-27-14-15-33(31(41)24-27)51-23-7-13-35-36(38(49)50)43-40(53-35)47-18-16-28-9-5-10-29(30(28)25-47)37(48)44-39-42-32-11-3-4-12-34(32)52-39;1-24(2)22-43(3)18-7-9-25-15-16-31(29(39)21-25)48-20-8-14-33-34(36(46)47)41-38(50-33)44-19-17-26-10-6-11-27(28(26)23-44)35(45)42-37-40-30-12-4-5-13-32(30)49-37/h3-5,9-12,14-15,24,26H,7,13,16-23,25H2,1-2H3,(H,49,50)(H,42,44,48);4-6,10-13,15-16,21,24H,8,14,17-20,22-23H2,1-3H3,(H,46,47)(H,40,42,45). The molecule has 0 aliphatic carbocycles. The molecule has 4 aromatic heterocycles. The lowest BCUT2D eigenvalue weighted by atomic mass is 9.94. The molecule has 0 radical (unpaired) electrons. The summed E-state index contributed by atoms with van der Waals surface area (Å²) in [6.45, 7) is 17.5. The minimum absolute atomic E-state index is 0.00538. The second-order valence-corrected chi connectivity index (χ2v) is 30.2. The van der Waals surface area contributed by atoms with Crippen LogP contribution in [0, 0.1) is 41.2 Å². The van der Waals surface area contributed by atoms with Crippen LogP contribution in [0.15, 0.2) is 121 Å². The number of nitrogens with one attached hydrogen (secondary N) is 2. The van der Waals surface area contributed by atoms with Crippen LogP contribution in [0.1, 0.15) is 125 Å². The van der Waals surface area contributed by atoms with E-state index in [0.29, 0.717) is 142 Å². The molecule has 3 aliphatic heterocycles. The second-order valence-electron chi connectivity index (χ2n) is 26.1. The summed E-state index contributed by atoms with van der Waals surface area (Å²) in [4.78, 5) is 81.6. The lowest BCUT2D eigenvalue weighted by molar-refractivity contribution is 0.0679. The van der Waals surface area contributed by atoms with Gasteiger partial charge in [-0.15, -0.1) is 22.7 Å². The van der Waals surface area contributed by atoms with E-state index >= 15 is 0 Å². The SMILES string of the molecule is CC(C)CN(C)CC#Cc1ccc(OCCCc2sc(N3CCc4cccc(C(=O)Nc5nc6ccccc6s5)c4C3)nc2C(=O)O)c(F)c1.CC(C)N1CCN(CC#Cc2ccc(OCCCc3sc(N4CCc5cccc(C(=O)Nc6nc7ccccc7s6)c5C4)nc3C(=O)O)c(F)c2)CC1. The average molecular weight is 1460 g/mol. The maximum absolute atomic E-state index is 14.9. The molecule has 0 bridgehead atoms. The highest BCUT2D eigenvalue weighted by Gasteiger charge is 2.30. The molecule has 1 fully saturated rings. The molecule has 1 saturated heterocycles. The Balaban J connectivity index is 0.000000194. The zero-order chi connectivity index (χ0) is 72.1. The number of rotatable bonds is 23. The molecular formula is C78H79F2N11O8S4. The fourth-order valence-corrected chi connectivity index (χ4v) is 16.6. The molecule has 0 saturated carbocycles. The number of carboxylic acid groups (broad SMARTS) is 2. The Morgan fingerprint density at radius 2 is 1.06 bits per heavy atom. The number of aromatic nitrogens is 4. The molecule has 19 nitrogen and oxygen atoms in total. The molecule has 4 N–H and O–H groups in total. The van der Waals surface area contributed by atoms with Gasteiger partial charge >= 0.3 is 11.9 Å². The summed E-state index contributed by atoms with van der Waals surface area (Å²) in [5, 5.41) is 28.1. The molecule has 7 heterocycles. The van der Waals surface area contributed by atoms with Crippen molar-refractivity contribution in [3.05, 3.63) is 199 Å². The third-order valence-electron chi connectivity index (χ3n) is 17.8. The number of ether oxygens (including phenoxy) is 2. The predicted octanol–water partition coefficient (Wildman–Crippen LogP) is 14.2. The van der Waals surface area contributed by atoms with E-state index in [2.05, 4.69) is 96.6 Å². The van der Waals surface area contributed by atoms with Gasteiger partial charge in [0.05, 0.1) is 46.7 Å². The Kier molecular flexibility index (Phi) is 24.2. The summed E-state index contributed by atoms with van der Waals surface area (Å²) in [7, 11) is 2.01. The van der Waals surface area contributed by atoms with Crippen LogP contribution in [0.4, 0.5) is 29.3 Å². The van der Waals surface area contributed by atoms with Crippen molar-refractivity contribution in [3.8, 4) is 35.2 Å².